The van der Waals surface area contributed by atoms with Crippen molar-refractivity contribution in [2.75, 3.05) is 13.6 Å². The van der Waals surface area contributed by atoms with Crippen molar-refractivity contribution in [3.8, 4) is 0 Å². The molecule has 1 atom stereocenters. The summed E-state index contributed by atoms with van der Waals surface area (Å²) in [5, 5.41) is 5.32. The van der Waals surface area contributed by atoms with Crippen LogP contribution >= 0.6 is 0 Å². The lowest BCUT2D eigenvalue weighted by Gasteiger charge is -2.22. The molecular formula is C15H23N3O3. The van der Waals surface area contributed by atoms with Crippen LogP contribution in [-0.2, 0) is 14.4 Å². The molecule has 1 rings (SSSR count). The Bertz CT molecular complexity index is 443. The molecule has 0 aromatic carbocycles. The molecule has 0 aromatic rings. The predicted octanol–water partition coefficient (Wildman–Crippen LogP) is 0.214. The van der Waals surface area contributed by atoms with E-state index in [-0.39, 0.29) is 11.8 Å². The van der Waals surface area contributed by atoms with Crippen LogP contribution in [0.5, 0.6) is 0 Å². The van der Waals surface area contributed by atoms with Crippen LogP contribution in [0.2, 0.25) is 0 Å². The summed E-state index contributed by atoms with van der Waals surface area (Å²) < 4.78 is 0. The van der Waals surface area contributed by atoms with Crippen LogP contribution in [0.1, 0.15) is 19.8 Å². The number of amides is 2. The molecule has 1 saturated heterocycles. The molecule has 116 valence electrons. The van der Waals surface area contributed by atoms with Crippen molar-refractivity contribution in [1.29, 1.82) is 0 Å². The first-order valence-electron chi connectivity index (χ1n) is 6.70. The maximum atomic E-state index is 11.6. The van der Waals surface area contributed by atoms with Gasteiger partial charge in [0.2, 0.25) is 11.8 Å². The number of rotatable bonds is 6. The first-order chi connectivity index (χ1) is 10.1. The van der Waals surface area contributed by atoms with Gasteiger partial charge in [0.1, 0.15) is 6.29 Å². The Morgan fingerprint density at radius 1 is 1.48 bits per heavy atom. The van der Waals surface area contributed by atoms with Crippen molar-refractivity contribution in [2.24, 2.45) is 5.73 Å². The molecule has 21 heavy (non-hydrogen) atoms. The fourth-order valence-electron chi connectivity index (χ4n) is 1.83. The second kappa shape index (κ2) is 10.7. The largest absolute Gasteiger partial charge is 0.333 e. The molecule has 6 nitrogen and oxygen atoms in total. The van der Waals surface area contributed by atoms with Crippen molar-refractivity contribution < 1.29 is 14.4 Å². The van der Waals surface area contributed by atoms with Crippen molar-refractivity contribution in [3.63, 3.8) is 0 Å². The number of aldehydes is 1. The highest BCUT2D eigenvalue weighted by Gasteiger charge is 2.25. The molecule has 1 aliphatic heterocycles. The lowest BCUT2D eigenvalue weighted by Crippen LogP contribution is -2.51. The highest BCUT2D eigenvalue weighted by molar-refractivity contribution is 6.00. The number of piperidine rings is 1. The zero-order chi connectivity index (χ0) is 16.3. The normalized spacial score (nSPS) is 19.3. The van der Waals surface area contributed by atoms with Gasteiger partial charge in [-0.25, -0.2) is 0 Å². The zero-order valence-corrected chi connectivity index (χ0v) is 12.5. The standard InChI is InChI=1S/C14H18N2O3.CH5N/c1-3-5-11(10(4-2)9-17)8-15-12-6-7-13(18)16-14(12)19;1-2/h3-5,9,12,15H,2,6-8H2,1H3,(H,16,18,19);2H2,1H3/b5-3-,11-10-;. The highest BCUT2D eigenvalue weighted by atomic mass is 16.2. The molecule has 0 radical (unpaired) electrons. The molecule has 1 fully saturated rings. The molecule has 2 amide bonds. The van der Waals surface area contributed by atoms with Gasteiger partial charge in [0, 0.05) is 18.5 Å². The summed E-state index contributed by atoms with van der Waals surface area (Å²) >= 11 is 0. The minimum absolute atomic E-state index is 0.244. The summed E-state index contributed by atoms with van der Waals surface area (Å²) in [6, 6.07) is -0.407. The van der Waals surface area contributed by atoms with Gasteiger partial charge in [-0.05, 0) is 26.0 Å². The number of nitrogens with two attached hydrogens (primary N) is 1. The van der Waals surface area contributed by atoms with Crippen molar-refractivity contribution >= 4 is 18.1 Å². The summed E-state index contributed by atoms with van der Waals surface area (Å²) in [5.74, 6) is -0.561. The average molecular weight is 293 g/mol. The Balaban J connectivity index is 0.00000191. The van der Waals surface area contributed by atoms with Gasteiger partial charge >= 0.3 is 0 Å². The van der Waals surface area contributed by atoms with E-state index in [1.165, 1.54) is 13.1 Å². The van der Waals surface area contributed by atoms with Crippen molar-refractivity contribution in [2.45, 2.75) is 25.8 Å². The van der Waals surface area contributed by atoms with Crippen LogP contribution in [0.3, 0.4) is 0 Å². The molecule has 0 aromatic heterocycles. The van der Waals surface area contributed by atoms with Crippen molar-refractivity contribution in [1.82, 2.24) is 10.6 Å². The van der Waals surface area contributed by atoms with E-state index >= 15 is 0 Å². The van der Waals surface area contributed by atoms with E-state index in [0.717, 1.165) is 11.9 Å². The van der Waals surface area contributed by atoms with Crippen molar-refractivity contribution in [3.05, 3.63) is 36.0 Å². The molecule has 4 N–H and O–H groups in total. The van der Waals surface area contributed by atoms with E-state index in [1.54, 1.807) is 6.08 Å². The molecule has 1 unspecified atom stereocenters. The molecular weight excluding hydrogens is 270 g/mol. The number of hydrogen-bond acceptors (Lipinski definition) is 5. The van der Waals surface area contributed by atoms with Crippen LogP contribution in [0.4, 0.5) is 0 Å². The first-order valence-corrected chi connectivity index (χ1v) is 6.70. The lowest BCUT2D eigenvalue weighted by molar-refractivity contribution is -0.134. The molecule has 1 aliphatic rings. The number of allylic oxidation sites excluding steroid dienone is 3. The molecule has 0 spiro atoms. The predicted molar refractivity (Wildman–Crippen MR) is 82.4 cm³/mol. The van der Waals surface area contributed by atoms with Gasteiger partial charge in [-0.3, -0.25) is 19.7 Å². The van der Waals surface area contributed by atoms with E-state index in [0.29, 0.717) is 25.0 Å². The Morgan fingerprint density at radius 3 is 2.62 bits per heavy atom. The minimum atomic E-state index is -0.407. The van der Waals surface area contributed by atoms with Gasteiger partial charge in [0.05, 0.1) is 6.04 Å². The number of hydrogen-bond donors (Lipinski definition) is 3. The van der Waals surface area contributed by atoms with Crippen LogP contribution in [0.15, 0.2) is 36.0 Å². The maximum absolute atomic E-state index is 11.6. The molecule has 1 heterocycles. The van der Waals surface area contributed by atoms with Gasteiger partial charge in [-0.2, -0.15) is 0 Å². The zero-order valence-electron chi connectivity index (χ0n) is 12.5. The van der Waals surface area contributed by atoms with Gasteiger partial charge in [-0.1, -0.05) is 24.8 Å². The number of imide groups is 1. The van der Waals surface area contributed by atoms with Crippen LogP contribution in [0.25, 0.3) is 0 Å². The third-order valence-electron chi connectivity index (χ3n) is 2.86. The Morgan fingerprint density at radius 2 is 2.14 bits per heavy atom. The third-order valence-corrected chi connectivity index (χ3v) is 2.86. The van der Waals surface area contributed by atoms with E-state index < -0.39 is 6.04 Å². The monoisotopic (exact) mass is 293 g/mol. The fraction of sp³-hybridized carbons (Fsp3) is 0.400. The van der Waals surface area contributed by atoms with Gasteiger partial charge in [0.15, 0.2) is 0 Å². The summed E-state index contributed by atoms with van der Waals surface area (Å²) in [7, 11) is 1.50. The summed E-state index contributed by atoms with van der Waals surface area (Å²) in [4.78, 5) is 33.5. The third kappa shape index (κ3) is 6.29. The first kappa shape index (κ1) is 18.9. The van der Waals surface area contributed by atoms with Crippen LogP contribution in [0, 0.1) is 0 Å². The highest BCUT2D eigenvalue weighted by Crippen LogP contribution is 2.08. The number of nitrogens with one attached hydrogen (secondary N) is 2. The summed E-state index contributed by atoms with van der Waals surface area (Å²) in [6.07, 6.45) is 6.62. The molecule has 0 aliphatic carbocycles. The number of carbonyl (C=O) groups is 3. The average Bonchev–Trinajstić information content (AvgIpc) is 2.49. The minimum Gasteiger partial charge on any atom is -0.333 e. The van der Waals surface area contributed by atoms with Gasteiger partial charge in [0.25, 0.3) is 0 Å². The molecule has 0 bridgehead atoms. The quantitative estimate of drug-likeness (QED) is 0.281. The topological polar surface area (TPSA) is 101 Å². The SMILES string of the molecule is C=C/C(C=O)=C(\C=C/C)CNC1CCC(=O)NC1=O.CN. The summed E-state index contributed by atoms with van der Waals surface area (Å²) in [6.45, 7) is 5.80. The number of carbonyl (C=O) groups excluding carboxylic acids is 3. The van der Waals surface area contributed by atoms with Crippen LogP contribution in [-0.4, -0.2) is 37.7 Å². The fourth-order valence-corrected chi connectivity index (χ4v) is 1.83. The van der Waals surface area contributed by atoms with E-state index in [2.05, 4.69) is 22.9 Å². The molecule has 0 saturated carbocycles. The van der Waals surface area contributed by atoms with Crippen LogP contribution < -0.4 is 16.4 Å². The van der Waals surface area contributed by atoms with E-state index in [1.807, 2.05) is 13.0 Å². The van der Waals surface area contributed by atoms with Gasteiger partial charge in [-0.15, -0.1) is 0 Å². The second-order valence-electron chi connectivity index (χ2n) is 4.19. The Hall–Kier alpha value is -2.05. The lowest BCUT2D eigenvalue weighted by atomic mass is 10.0. The van der Waals surface area contributed by atoms with Gasteiger partial charge < -0.3 is 11.1 Å². The Kier molecular flexibility index (Phi) is 9.66. The smallest absolute Gasteiger partial charge is 0.243 e. The van der Waals surface area contributed by atoms with E-state index in [4.69, 9.17) is 0 Å². The maximum Gasteiger partial charge on any atom is 0.243 e. The van der Waals surface area contributed by atoms with E-state index in [9.17, 15) is 14.4 Å². The second-order valence-corrected chi connectivity index (χ2v) is 4.19. The Labute approximate surface area is 125 Å². The summed E-state index contributed by atoms with van der Waals surface area (Å²) in [5.41, 5.74) is 5.75. The molecule has 6 heteroatoms.